The molecule has 2 heterocycles. The lowest BCUT2D eigenvalue weighted by Gasteiger charge is -2.29. The fourth-order valence-corrected chi connectivity index (χ4v) is 3.34. The maximum Gasteiger partial charge on any atom is 0.243 e. The summed E-state index contributed by atoms with van der Waals surface area (Å²) in [5, 5.41) is 2.75. The van der Waals surface area contributed by atoms with Crippen LogP contribution in [0.4, 0.5) is 5.95 Å². The Morgan fingerprint density at radius 2 is 2.10 bits per heavy atom. The Kier molecular flexibility index (Phi) is 4.90. The van der Waals surface area contributed by atoms with Crippen molar-refractivity contribution in [3.63, 3.8) is 0 Å². The standard InChI is InChI=1S/C12H21N5O2S/c1-13-12-14-7-11(8-15-12)20(18,19)16-6-10-4-3-5-17(2)9-10/h7-8,10,16H,3-6,9H2,1-2H3,(H,13,14,15). The first-order valence-corrected chi connectivity index (χ1v) is 8.17. The highest BCUT2D eigenvalue weighted by atomic mass is 32.2. The monoisotopic (exact) mass is 299 g/mol. The van der Waals surface area contributed by atoms with E-state index in [2.05, 4.69) is 32.0 Å². The van der Waals surface area contributed by atoms with E-state index in [0.29, 0.717) is 18.4 Å². The first-order chi connectivity index (χ1) is 9.51. The third-order valence-corrected chi connectivity index (χ3v) is 4.82. The number of anilines is 1. The number of nitrogens with one attached hydrogen (secondary N) is 2. The number of piperidine rings is 1. The van der Waals surface area contributed by atoms with Crippen LogP contribution in [-0.2, 0) is 10.0 Å². The van der Waals surface area contributed by atoms with Crippen molar-refractivity contribution in [3.8, 4) is 0 Å². The summed E-state index contributed by atoms with van der Waals surface area (Å²) >= 11 is 0. The molecular weight excluding hydrogens is 278 g/mol. The second-order valence-corrected chi connectivity index (χ2v) is 6.88. The Morgan fingerprint density at radius 3 is 2.70 bits per heavy atom. The minimum absolute atomic E-state index is 0.0978. The van der Waals surface area contributed by atoms with Crippen molar-refractivity contribution in [1.29, 1.82) is 0 Å². The molecule has 1 aromatic rings. The van der Waals surface area contributed by atoms with Crippen LogP contribution in [0, 0.1) is 5.92 Å². The summed E-state index contributed by atoms with van der Waals surface area (Å²) in [7, 11) is 0.219. The number of nitrogens with zero attached hydrogens (tertiary/aromatic N) is 3. The summed E-state index contributed by atoms with van der Waals surface area (Å²) < 4.78 is 26.9. The largest absolute Gasteiger partial charge is 0.357 e. The Balaban J connectivity index is 1.96. The van der Waals surface area contributed by atoms with E-state index in [1.807, 2.05) is 0 Å². The average molecular weight is 299 g/mol. The predicted octanol–water partition coefficient (Wildman–Crippen LogP) is 0.138. The molecule has 1 atom stereocenters. The van der Waals surface area contributed by atoms with Crippen LogP contribution < -0.4 is 10.0 Å². The zero-order valence-electron chi connectivity index (χ0n) is 11.8. The van der Waals surface area contributed by atoms with Crippen LogP contribution in [0.3, 0.4) is 0 Å². The Morgan fingerprint density at radius 1 is 1.40 bits per heavy atom. The molecule has 2 rings (SSSR count). The molecule has 7 nitrogen and oxygen atoms in total. The van der Waals surface area contributed by atoms with Gasteiger partial charge in [0.05, 0.1) is 12.4 Å². The van der Waals surface area contributed by atoms with Crippen LogP contribution >= 0.6 is 0 Å². The van der Waals surface area contributed by atoms with E-state index in [1.54, 1.807) is 7.05 Å². The van der Waals surface area contributed by atoms with Gasteiger partial charge in [0.2, 0.25) is 16.0 Å². The minimum Gasteiger partial charge on any atom is -0.357 e. The van der Waals surface area contributed by atoms with Gasteiger partial charge in [0.25, 0.3) is 0 Å². The van der Waals surface area contributed by atoms with Crippen molar-refractivity contribution in [2.45, 2.75) is 17.7 Å². The number of aromatic nitrogens is 2. The fraction of sp³-hybridized carbons (Fsp3) is 0.667. The van der Waals surface area contributed by atoms with Crippen molar-refractivity contribution in [2.75, 3.05) is 39.0 Å². The predicted molar refractivity (Wildman–Crippen MR) is 77.0 cm³/mol. The molecule has 2 N–H and O–H groups in total. The average Bonchev–Trinajstić information content (AvgIpc) is 2.45. The van der Waals surface area contributed by atoms with Crippen LogP contribution in [0.15, 0.2) is 17.3 Å². The van der Waals surface area contributed by atoms with Gasteiger partial charge in [-0.2, -0.15) is 0 Å². The first-order valence-electron chi connectivity index (χ1n) is 6.69. The van der Waals surface area contributed by atoms with Gasteiger partial charge in [-0.3, -0.25) is 0 Å². The third kappa shape index (κ3) is 3.87. The van der Waals surface area contributed by atoms with Crippen molar-refractivity contribution in [2.24, 2.45) is 5.92 Å². The van der Waals surface area contributed by atoms with E-state index >= 15 is 0 Å². The molecule has 0 spiro atoms. The zero-order valence-corrected chi connectivity index (χ0v) is 12.7. The van der Waals surface area contributed by atoms with E-state index in [-0.39, 0.29) is 4.90 Å². The van der Waals surface area contributed by atoms with Crippen molar-refractivity contribution in [3.05, 3.63) is 12.4 Å². The number of hydrogen-bond acceptors (Lipinski definition) is 6. The highest BCUT2D eigenvalue weighted by Crippen LogP contribution is 2.15. The van der Waals surface area contributed by atoms with Gasteiger partial charge in [-0.05, 0) is 32.4 Å². The summed E-state index contributed by atoms with van der Waals surface area (Å²) in [5.74, 6) is 0.763. The molecule has 0 saturated carbocycles. The van der Waals surface area contributed by atoms with Gasteiger partial charge in [-0.1, -0.05) is 0 Å². The number of rotatable bonds is 5. The van der Waals surface area contributed by atoms with Gasteiger partial charge in [0.1, 0.15) is 4.90 Å². The van der Waals surface area contributed by atoms with Gasteiger partial charge < -0.3 is 10.2 Å². The van der Waals surface area contributed by atoms with E-state index in [4.69, 9.17) is 0 Å². The van der Waals surface area contributed by atoms with Crippen LogP contribution in [0.1, 0.15) is 12.8 Å². The molecule has 20 heavy (non-hydrogen) atoms. The fourth-order valence-electron chi connectivity index (χ4n) is 2.33. The van der Waals surface area contributed by atoms with Crippen molar-refractivity contribution >= 4 is 16.0 Å². The van der Waals surface area contributed by atoms with Crippen LogP contribution in [0.2, 0.25) is 0 Å². The van der Waals surface area contributed by atoms with Crippen LogP contribution in [0.25, 0.3) is 0 Å². The maximum absolute atomic E-state index is 12.1. The molecule has 112 valence electrons. The quantitative estimate of drug-likeness (QED) is 0.804. The van der Waals surface area contributed by atoms with Crippen molar-refractivity contribution in [1.82, 2.24) is 19.6 Å². The molecule has 0 radical (unpaired) electrons. The zero-order chi connectivity index (χ0) is 14.6. The molecule has 0 amide bonds. The van der Waals surface area contributed by atoms with Crippen LogP contribution in [-0.4, -0.2) is 57.0 Å². The molecule has 0 aliphatic carbocycles. The lowest BCUT2D eigenvalue weighted by atomic mass is 9.99. The van der Waals surface area contributed by atoms with Gasteiger partial charge in [0, 0.05) is 20.1 Å². The summed E-state index contributed by atoms with van der Waals surface area (Å²) in [6.07, 6.45) is 4.80. The summed E-state index contributed by atoms with van der Waals surface area (Å²) in [6.45, 7) is 2.47. The van der Waals surface area contributed by atoms with E-state index in [1.165, 1.54) is 12.4 Å². The molecule has 1 aliphatic heterocycles. The van der Waals surface area contributed by atoms with E-state index in [0.717, 1.165) is 25.9 Å². The van der Waals surface area contributed by atoms with Gasteiger partial charge in [-0.15, -0.1) is 0 Å². The van der Waals surface area contributed by atoms with Crippen LogP contribution in [0.5, 0.6) is 0 Å². The molecule has 1 aromatic heterocycles. The van der Waals surface area contributed by atoms with E-state index in [9.17, 15) is 8.42 Å². The number of likely N-dealkylation sites (tertiary alicyclic amines) is 1. The molecule has 1 fully saturated rings. The van der Waals surface area contributed by atoms with Crippen molar-refractivity contribution < 1.29 is 8.42 Å². The molecule has 1 unspecified atom stereocenters. The maximum atomic E-state index is 12.1. The topological polar surface area (TPSA) is 87.2 Å². The Bertz CT molecular complexity index is 531. The normalized spacial score (nSPS) is 20.8. The summed E-state index contributed by atoms with van der Waals surface area (Å²) in [5.41, 5.74) is 0. The van der Waals surface area contributed by atoms with Gasteiger partial charge in [-0.25, -0.2) is 23.1 Å². The number of sulfonamides is 1. The summed E-state index contributed by atoms with van der Waals surface area (Å²) in [4.78, 5) is 10.2. The smallest absolute Gasteiger partial charge is 0.243 e. The third-order valence-electron chi connectivity index (χ3n) is 3.45. The molecule has 1 aliphatic rings. The first kappa shape index (κ1) is 15.1. The lowest BCUT2D eigenvalue weighted by molar-refractivity contribution is 0.211. The van der Waals surface area contributed by atoms with Gasteiger partial charge in [0.15, 0.2) is 0 Å². The Labute approximate surface area is 119 Å². The molecular formula is C12H21N5O2S. The molecule has 8 heteroatoms. The molecule has 0 bridgehead atoms. The minimum atomic E-state index is -3.52. The highest BCUT2D eigenvalue weighted by Gasteiger charge is 2.21. The Hall–Kier alpha value is -1.25. The SMILES string of the molecule is CNc1ncc(S(=O)(=O)NCC2CCCN(C)C2)cn1. The summed E-state index contributed by atoms with van der Waals surface area (Å²) in [6, 6.07) is 0. The molecule has 0 aromatic carbocycles. The molecule has 1 saturated heterocycles. The highest BCUT2D eigenvalue weighted by molar-refractivity contribution is 7.89. The number of hydrogen-bond donors (Lipinski definition) is 2. The van der Waals surface area contributed by atoms with Gasteiger partial charge >= 0.3 is 0 Å². The second kappa shape index (κ2) is 6.47. The second-order valence-electron chi connectivity index (χ2n) is 5.11. The van der Waals surface area contributed by atoms with E-state index < -0.39 is 10.0 Å². The lowest BCUT2D eigenvalue weighted by Crippen LogP contribution is -2.39.